The first-order chi connectivity index (χ1) is 25.2. The predicted molar refractivity (Wildman–Crippen MR) is 218 cm³/mol. The van der Waals surface area contributed by atoms with Crippen molar-refractivity contribution in [1.29, 1.82) is 0 Å². The molecule has 2 heterocycles. The van der Waals surface area contributed by atoms with Gasteiger partial charge in [0.05, 0.1) is 5.71 Å². The summed E-state index contributed by atoms with van der Waals surface area (Å²) in [4.78, 5) is 5.49. The SMILES string of the molecule is C1=C(c2cccc3ccccc23)NC(c2ccc3ccccc3c2)N=C1c1cc(-c2ccccc2)cc(-c2cccc3sc4ccccc4c23)c1. The largest absolute Gasteiger partial charge is 0.359 e. The van der Waals surface area contributed by atoms with Gasteiger partial charge in [-0.2, -0.15) is 0 Å². The van der Waals surface area contributed by atoms with E-state index >= 15 is 0 Å². The van der Waals surface area contributed by atoms with E-state index in [9.17, 15) is 0 Å². The Bertz CT molecular complexity index is 2840. The molecule has 0 fully saturated rings. The van der Waals surface area contributed by atoms with E-state index in [1.54, 1.807) is 0 Å². The van der Waals surface area contributed by atoms with Crippen molar-refractivity contribution in [1.82, 2.24) is 5.32 Å². The fraction of sp³-hybridized carbons (Fsp3) is 0.0208. The number of thiophene rings is 1. The minimum Gasteiger partial charge on any atom is -0.359 e. The van der Waals surface area contributed by atoms with E-state index in [0.717, 1.165) is 22.5 Å². The molecule has 1 atom stereocenters. The highest BCUT2D eigenvalue weighted by Crippen LogP contribution is 2.41. The maximum absolute atomic E-state index is 5.49. The Morgan fingerprint density at radius 2 is 1.12 bits per heavy atom. The lowest BCUT2D eigenvalue weighted by Gasteiger charge is -2.26. The van der Waals surface area contributed by atoms with Gasteiger partial charge < -0.3 is 5.32 Å². The molecule has 240 valence electrons. The van der Waals surface area contributed by atoms with Gasteiger partial charge in [0.25, 0.3) is 0 Å². The average Bonchev–Trinajstić information content (AvgIpc) is 3.59. The topological polar surface area (TPSA) is 24.4 Å². The third-order valence-electron chi connectivity index (χ3n) is 10.1. The van der Waals surface area contributed by atoms with E-state index in [1.165, 1.54) is 69.5 Å². The minimum absolute atomic E-state index is 0.267. The Kier molecular flexibility index (Phi) is 7.11. The summed E-state index contributed by atoms with van der Waals surface area (Å²) in [7, 11) is 0. The summed E-state index contributed by atoms with van der Waals surface area (Å²) in [6.45, 7) is 0. The molecule has 10 rings (SSSR count). The van der Waals surface area contributed by atoms with Crippen molar-refractivity contribution in [2.45, 2.75) is 6.17 Å². The van der Waals surface area contributed by atoms with Crippen molar-refractivity contribution in [3.8, 4) is 22.3 Å². The Morgan fingerprint density at radius 3 is 2.02 bits per heavy atom. The van der Waals surface area contributed by atoms with Gasteiger partial charge in [-0.25, -0.2) is 0 Å². The van der Waals surface area contributed by atoms with Gasteiger partial charge in [0.1, 0.15) is 6.17 Å². The van der Waals surface area contributed by atoms with Crippen LogP contribution in [0.25, 0.3) is 69.7 Å². The van der Waals surface area contributed by atoms with Crippen LogP contribution in [0.3, 0.4) is 0 Å². The lowest BCUT2D eigenvalue weighted by Crippen LogP contribution is -2.25. The third-order valence-corrected chi connectivity index (χ3v) is 11.2. The highest BCUT2D eigenvalue weighted by atomic mass is 32.1. The molecular weight excluding hydrogens is 637 g/mol. The lowest BCUT2D eigenvalue weighted by atomic mass is 9.91. The molecule has 0 bridgehead atoms. The predicted octanol–water partition coefficient (Wildman–Crippen LogP) is 12.8. The zero-order chi connectivity index (χ0) is 33.7. The van der Waals surface area contributed by atoms with Crippen LogP contribution in [-0.2, 0) is 0 Å². The molecule has 0 amide bonds. The second-order valence-electron chi connectivity index (χ2n) is 13.2. The number of fused-ring (bicyclic) bond motifs is 5. The molecule has 1 N–H and O–H groups in total. The molecule has 2 nitrogen and oxygen atoms in total. The van der Waals surface area contributed by atoms with Crippen LogP contribution in [0.15, 0.2) is 187 Å². The number of aliphatic imine (C=N–C) groups is 1. The fourth-order valence-electron chi connectivity index (χ4n) is 7.59. The van der Waals surface area contributed by atoms with Crippen LogP contribution in [0.2, 0.25) is 0 Å². The summed E-state index contributed by atoms with van der Waals surface area (Å²) in [6, 6.07) is 63.6. The second kappa shape index (κ2) is 12.2. The molecule has 1 aromatic heterocycles. The number of nitrogens with zero attached hydrogens (tertiary/aromatic N) is 1. The van der Waals surface area contributed by atoms with Crippen LogP contribution in [0.1, 0.15) is 22.9 Å². The first-order valence-corrected chi connectivity index (χ1v) is 18.2. The number of hydrogen-bond donors (Lipinski definition) is 1. The van der Waals surface area contributed by atoms with Gasteiger partial charge in [-0.15, -0.1) is 11.3 Å². The summed E-state index contributed by atoms with van der Waals surface area (Å²) < 4.78 is 2.61. The van der Waals surface area contributed by atoms with Crippen LogP contribution in [0, 0.1) is 0 Å². The summed E-state index contributed by atoms with van der Waals surface area (Å²) in [5, 5.41) is 11.3. The van der Waals surface area contributed by atoms with Gasteiger partial charge in [0, 0.05) is 37.0 Å². The van der Waals surface area contributed by atoms with Gasteiger partial charge in [0.15, 0.2) is 0 Å². The van der Waals surface area contributed by atoms with Crippen LogP contribution in [-0.4, -0.2) is 5.71 Å². The summed E-state index contributed by atoms with van der Waals surface area (Å²) >= 11 is 1.86. The zero-order valence-electron chi connectivity index (χ0n) is 27.8. The molecule has 1 aliphatic rings. The monoisotopic (exact) mass is 668 g/mol. The van der Waals surface area contributed by atoms with Crippen molar-refractivity contribution in [3.05, 3.63) is 199 Å². The Hall–Kier alpha value is -6.29. The lowest BCUT2D eigenvalue weighted by molar-refractivity contribution is 0.665. The molecule has 3 heteroatoms. The highest BCUT2D eigenvalue weighted by Gasteiger charge is 2.22. The number of hydrogen-bond acceptors (Lipinski definition) is 3. The quantitative estimate of drug-likeness (QED) is 0.194. The van der Waals surface area contributed by atoms with Crippen LogP contribution in [0.4, 0.5) is 0 Å². The maximum atomic E-state index is 5.49. The summed E-state index contributed by atoms with van der Waals surface area (Å²) in [5.41, 5.74) is 10.2. The molecule has 1 unspecified atom stereocenters. The third kappa shape index (κ3) is 5.31. The zero-order valence-corrected chi connectivity index (χ0v) is 28.6. The minimum atomic E-state index is -0.267. The van der Waals surface area contributed by atoms with Gasteiger partial charge in [0.2, 0.25) is 0 Å². The van der Waals surface area contributed by atoms with Crippen molar-refractivity contribution in [3.63, 3.8) is 0 Å². The normalized spacial score (nSPS) is 14.5. The Labute approximate surface area is 300 Å². The maximum Gasteiger partial charge on any atom is 0.145 e. The number of nitrogens with one attached hydrogen (secondary N) is 1. The first-order valence-electron chi connectivity index (χ1n) is 17.4. The van der Waals surface area contributed by atoms with Crippen molar-refractivity contribution >= 4 is 64.5 Å². The Morgan fingerprint density at radius 1 is 0.451 bits per heavy atom. The smallest absolute Gasteiger partial charge is 0.145 e. The van der Waals surface area contributed by atoms with Crippen molar-refractivity contribution < 1.29 is 0 Å². The standard InChI is InChI=1S/C48H32N2S/c1-2-12-31(13-3-1)36-27-37(40-20-11-23-46-47(40)42-19-8-9-22-45(42)51-46)29-38(28-36)43-30-44(41-21-10-17-33-15-6-7-18-39(33)41)50-48(49-43)35-25-24-32-14-4-5-16-34(32)26-35/h1-30,48,50H. The van der Waals surface area contributed by atoms with E-state index in [2.05, 4.69) is 187 Å². The van der Waals surface area contributed by atoms with Crippen LogP contribution >= 0.6 is 11.3 Å². The molecule has 9 aromatic rings. The number of rotatable bonds is 5. The molecule has 51 heavy (non-hydrogen) atoms. The van der Waals surface area contributed by atoms with E-state index in [1.807, 2.05) is 11.3 Å². The van der Waals surface area contributed by atoms with Crippen LogP contribution in [0.5, 0.6) is 0 Å². The molecule has 0 radical (unpaired) electrons. The van der Waals surface area contributed by atoms with Crippen LogP contribution < -0.4 is 5.32 Å². The molecule has 0 spiro atoms. The molecule has 8 aromatic carbocycles. The Balaban J connectivity index is 1.21. The van der Waals surface area contributed by atoms with Gasteiger partial charge in [-0.05, 0) is 91.8 Å². The van der Waals surface area contributed by atoms with E-state index in [4.69, 9.17) is 4.99 Å². The summed E-state index contributed by atoms with van der Waals surface area (Å²) in [6.07, 6.45) is 1.98. The van der Waals surface area contributed by atoms with Gasteiger partial charge >= 0.3 is 0 Å². The second-order valence-corrected chi connectivity index (χ2v) is 14.3. The van der Waals surface area contributed by atoms with E-state index in [0.29, 0.717) is 0 Å². The van der Waals surface area contributed by atoms with E-state index < -0.39 is 0 Å². The number of allylic oxidation sites excluding steroid dienone is 1. The first kappa shape index (κ1) is 29.6. The number of benzene rings is 8. The van der Waals surface area contributed by atoms with E-state index in [-0.39, 0.29) is 6.17 Å². The summed E-state index contributed by atoms with van der Waals surface area (Å²) in [5.74, 6) is 0. The van der Waals surface area contributed by atoms with Crippen molar-refractivity contribution in [2.24, 2.45) is 4.99 Å². The highest BCUT2D eigenvalue weighted by molar-refractivity contribution is 7.25. The fourth-order valence-corrected chi connectivity index (χ4v) is 8.72. The average molecular weight is 669 g/mol. The van der Waals surface area contributed by atoms with Gasteiger partial charge in [-0.1, -0.05) is 140 Å². The molecular formula is C48H32N2S. The van der Waals surface area contributed by atoms with Crippen molar-refractivity contribution in [2.75, 3.05) is 0 Å². The molecule has 1 aliphatic heterocycles. The molecule has 0 saturated carbocycles. The molecule has 0 saturated heterocycles. The van der Waals surface area contributed by atoms with Gasteiger partial charge in [-0.3, -0.25) is 4.99 Å². The molecule has 0 aliphatic carbocycles.